The maximum absolute atomic E-state index is 13.0. The number of hydrogen-bond donors (Lipinski definition) is 1. The molecule has 2 aliphatic rings. The summed E-state index contributed by atoms with van der Waals surface area (Å²) in [4.78, 5) is 13.2. The quantitative estimate of drug-likeness (QED) is 0.748. The topological polar surface area (TPSA) is 84.9 Å². The van der Waals surface area contributed by atoms with Crippen molar-refractivity contribution in [1.29, 1.82) is 0 Å². The lowest BCUT2D eigenvalue weighted by molar-refractivity contribution is 0.0940. The number of carbonyl (C=O) groups excluding carboxylic acids is 1. The Balaban J connectivity index is 1.51. The second-order valence-corrected chi connectivity index (χ2v) is 10.8. The molecule has 4 rings (SSSR count). The zero-order valence-electron chi connectivity index (χ0n) is 15.9. The van der Waals surface area contributed by atoms with Crippen LogP contribution in [0, 0.1) is 0 Å². The van der Waals surface area contributed by atoms with E-state index < -0.39 is 15.9 Å². The zero-order valence-corrected chi connectivity index (χ0v) is 18.4. The van der Waals surface area contributed by atoms with Crippen molar-refractivity contribution in [1.82, 2.24) is 9.62 Å². The van der Waals surface area contributed by atoms with Crippen LogP contribution in [0.3, 0.4) is 0 Å². The minimum Gasteiger partial charge on any atom is -0.486 e. The highest BCUT2D eigenvalue weighted by molar-refractivity contribution is 7.99. The molecule has 2 aliphatic heterocycles. The number of nitrogens with zero attached hydrogens (tertiary/aromatic N) is 1. The van der Waals surface area contributed by atoms with E-state index >= 15 is 0 Å². The molecule has 1 N–H and O–H groups in total. The second kappa shape index (κ2) is 8.55. The highest BCUT2D eigenvalue weighted by atomic mass is 32.2. The zero-order chi connectivity index (χ0) is 20.4. The van der Waals surface area contributed by atoms with E-state index in [0.717, 1.165) is 28.4 Å². The molecule has 0 aliphatic carbocycles. The Morgan fingerprint density at radius 1 is 1.14 bits per heavy atom. The van der Waals surface area contributed by atoms with Gasteiger partial charge in [0.05, 0.1) is 6.04 Å². The first-order valence-electron chi connectivity index (χ1n) is 9.32. The third-order valence-corrected chi connectivity index (χ3v) is 8.76. The van der Waals surface area contributed by atoms with E-state index in [1.165, 1.54) is 10.4 Å². The van der Waals surface area contributed by atoms with Gasteiger partial charge < -0.3 is 14.8 Å². The van der Waals surface area contributed by atoms with Crippen LogP contribution in [0.4, 0.5) is 0 Å². The molecule has 1 fully saturated rings. The lowest BCUT2D eigenvalue weighted by Crippen LogP contribution is -2.38. The number of carbonyl (C=O) groups is 1. The Labute approximate surface area is 178 Å². The van der Waals surface area contributed by atoms with E-state index in [9.17, 15) is 13.2 Å². The van der Waals surface area contributed by atoms with Crippen molar-refractivity contribution >= 4 is 39.0 Å². The van der Waals surface area contributed by atoms with E-state index in [1.807, 2.05) is 25.1 Å². The minimum atomic E-state index is -3.67. The van der Waals surface area contributed by atoms with Gasteiger partial charge in [-0.1, -0.05) is 6.07 Å². The minimum absolute atomic E-state index is 0.0845. The van der Waals surface area contributed by atoms with Crippen LogP contribution < -0.4 is 14.8 Å². The molecule has 1 aromatic heterocycles. The summed E-state index contributed by atoms with van der Waals surface area (Å²) >= 11 is 2.88. The first kappa shape index (κ1) is 20.5. The van der Waals surface area contributed by atoms with Gasteiger partial charge in [0.15, 0.2) is 11.5 Å². The largest absolute Gasteiger partial charge is 0.486 e. The molecule has 0 saturated carbocycles. The average molecular weight is 455 g/mol. The van der Waals surface area contributed by atoms with Gasteiger partial charge in [-0.25, -0.2) is 8.42 Å². The number of benzene rings is 1. The summed E-state index contributed by atoms with van der Waals surface area (Å²) in [6.07, 6.45) is 0. The van der Waals surface area contributed by atoms with E-state index in [4.69, 9.17) is 9.47 Å². The average Bonchev–Trinajstić information content (AvgIpc) is 3.25. The van der Waals surface area contributed by atoms with Gasteiger partial charge in [-0.3, -0.25) is 4.79 Å². The number of amides is 1. The fraction of sp³-hybridized carbons (Fsp3) is 0.421. The van der Waals surface area contributed by atoms with Crippen LogP contribution in [0.5, 0.6) is 11.5 Å². The molecule has 7 nitrogen and oxygen atoms in total. The number of ether oxygens (including phenoxy) is 2. The van der Waals surface area contributed by atoms with Crippen molar-refractivity contribution in [2.45, 2.75) is 17.9 Å². The van der Waals surface area contributed by atoms with Crippen LogP contribution in [-0.2, 0) is 10.0 Å². The molecule has 0 radical (unpaired) electrons. The van der Waals surface area contributed by atoms with Crippen molar-refractivity contribution in [2.24, 2.45) is 0 Å². The van der Waals surface area contributed by atoms with Gasteiger partial charge >= 0.3 is 0 Å². The van der Waals surface area contributed by atoms with Gasteiger partial charge in [-0.05, 0) is 36.1 Å². The molecular weight excluding hydrogens is 432 g/mol. The number of thioether (sulfide) groups is 1. The van der Waals surface area contributed by atoms with Gasteiger partial charge in [0.2, 0.25) is 10.0 Å². The monoisotopic (exact) mass is 454 g/mol. The van der Waals surface area contributed by atoms with Crippen molar-refractivity contribution in [3.05, 3.63) is 40.1 Å². The van der Waals surface area contributed by atoms with E-state index in [0.29, 0.717) is 37.8 Å². The predicted molar refractivity (Wildman–Crippen MR) is 114 cm³/mol. The van der Waals surface area contributed by atoms with Gasteiger partial charge in [-0.2, -0.15) is 16.1 Å². The van der Waals surface area contributed by atoms with Crippen LogP contribution in [0.2, 0.25) is 0 Å². The first-order valence-corrected chi connectivity index (χ1v) is 12.8. The van der Waals surface area contributed by atoms with E-state index in [1.54, 1.807) is 17.1 Å². The number of hydrogen-bond acceptors (Lipinski definition) is 7. The standard InChI is InChI=1S/C19H22N2O5S3/c1-13(14-2-3-15-16(12-14)26-8-7-25-15)20-19(22)18-17(4-9-28-18)29(23,24)21-5-10-27-11-6-21/h2-4,9,12-13H,5-8,10-11H2,1H3,(H,20,22). The van der Waals surface area contributed by atoms with Crippen LogP contribution >= 0.6 is 23.1 Å². The van der Waals surface area contributed by atoms with Gasteiger partial charge in [0, 0.05) is 24.6 Å². The number of sulfonamides is 1. The normalized spacial score (nSPS) is 18.2. The van der Waals surface area contributed by atoms with Crippen molar-refractivity contribution in [2.75, 3.05) is 37.8 Å². The second-order valence-electron chi connectivity index (χ2n) is 6.73. The molecule has 1 saturated heterocycles. The van der Waals surface area contributed by atoms with Gasteiger partial charge in [-0.15, -0.1) is 11.3 Å². The summed E-state index contributed by atoms with van der Waals surface area (Å²) in [6.45, 7) is 3.80. The molecule has 0 spiro atoms. The van der Waals surface area contributed by atoms with Crippen molar-refractivity contribution < 1.29 is 22.7 Å². The fourth-order valence-corrected chi connectivity index (χ4v) is 7.15. The Morgan fingerprint density at radius 3 is 2.62 bits per heavy atom. The third-order valence-electron chi connectivity index (χ3n) is 4.84. The molecule has 3 heterocycles. The molecule has 1 amide bonds. The van der Waals surface area contributed by atoms with Crippen molar-refractivity contribution in [3.63, 3.8) is 0 Å². The lowest BCUT2D eigenvalue weighted by atomic mass is 10.1. The number of nitrogens with one attached hydrogen (secondary N) is 1. The summed E-state index contributed by atoms with van der Waals surface area (Å²) in [5.41, 5.74) is 0.858. The summed E-state index contributed by atoms with van der Waals surface area (Å²) in [7, 11) is -3.67. The Morgan fingerprint density at radius 2 is 1.86 bits per heavy atom. The highest BCUT2D eigenvalue weighted by Crippen LogP contribution is 2.33. The molecule has 10 heteroatoms. The van der Waals surface area contributed by atoms with Gasteiger partial charge in [0.1, 0.15) is 23.0 Å². The van der Waals surface area contributed by atoms with Crippen LogP contribution in [0.15, 0.2) is 34.5 Å². The molecule has 0 bridgehead atoms. The van der Waals surface area contributed by atoms with Crippen LogP contribution in [-0.4, -0.2) is 56.4 Å². The SMILES string of the molecule is CC(NC(=O)c1sccc1S(=O)(=O)N1CCSCC1)c1ccc2c(c1)OCCO2. The van der Waals surface area contributed by atoms with Gasteiger partial charge in [0.25, 0.3) is 5.91 Å². The van der Waals surface area contributed by atoms with Crippen molar-refractivity contribution in [3.8, 4) is 11.5 Å². The number of fused-ring (bicyclic) bond motifs is 1. The molecule has 1 atom stereocenters. The third kappa shape index (κ3) is 4.25. The van der Waals surface area contributed by atoms with E-state index in [2.05, 4.69) is 5.32 Å². The maximum atomic E-state index is 13.0. The number of thiophene rings is 1. The fourth-order valence-electron chi connectivity index (χ4n) is 3.27. The summed E-state index contributed by atoms with van der Waals surface area (Å²) < 4.78 is 38.6. The predicted octanol–water partition coefficient (Wildman–Crippen LogP) is 2.75. The molecular formula is C19H22N2O5S3. The summed E-state index contributed by atoms with van der Waals surface area (Å²) in [5, 5.41) is 4.56. The molecule has 156 valence electrons. The number of rotatable bonds is 5. The summed E-state index contributed by atoms with van der Waals surface area (Å²) in [5.74, 6) is 2.48. The molecule has 29 heavy (non-hydrogen) atoms. The highest BCUT2D eigenvalue weighted by Gasteiger charge is 2.31. The Bertz CT molecular complexity index is 999. The Kier molecular flexibility index (Phi) is 6.05. The molecule has 1 unspecified atom stereocenters. The smallest absolute Gasteiger partial charge is 0.263 e. The Hall–Kier alpha value is -1.75. The summed E-state index contributed by atoms with van der Waals surface area (Å²) in [6, 6.07) is 6.74. The van der Waals surface area contributed by atoms with E-state index in [-0.39, 0.29) is 15.8 Å². The molecule has 1 aromatic carbocycles. The first-order chi connectivity index (χ1) is 14.0. The lowest BCUT2D eigenvalue weighted by Gasteiger charge is -2.25. The van der Waals surface area contributed by atoms with Crippen LogP contribution in [0.1, 0.15) is 28.2 Å². The maximum Gasteiger partial charge on any atom is 0.263 e. The van der Waals surface area contributed by atoms with Crippen LogP contribution in [0.25, 0.3) is 0 Å². The molecule has 2 aromatic rings.